The van der Waals surface area contributed by atoms with E-state index in [1.807, 2.05) is 43.7 Å². The Morgan fingerprint density at radius 3 is 2.27 bits per heavy atom. The van der Waals surface area contributed by atoms with E-state index in [4.69, 9.17) is 0 Å². The summed E-state index contributed by atoms with van der Waals surface area (Å²) in [5.74, 6) is -0.375. The summed E-state index contributed by atoms with van der Waals surface area (Å²) < 4.78 is 28.2. The molecule has 1 aliphatic rings. The predicted octanol–water partition coefficient (Wildman–Crippen LogP) is 6.76. The quantitative estimate of drug-likeness (QED) is 0.340. The van der Waals surface area contributed by atoms with Crippen LogP contribution < -0.4 is 4.90 Å². The molecule has 4 rings (SSSR count). The van der Waals surface area contributed by atoms with E-state index in [1.54, 1.807) is 0 Å². The second-order valence-corrected chi connectivity index (χ2v) is 8.60. The third-order valence-electron chi connectivity index (χ3n) is 6.17. The third kappa shape index (κ3) is 5.44. The molecule has 1 aliphatic heterocycles. The molecule has 2 heterocycles. The fraction of sp³-hybridized carbons (Fsp3) is 0.370. The van der Waals surface area contributed by atoms with Gasteiger partial charge in [0.1, 0.15) is 11.6 Å². The highest BCUT2D eigenvalue weighted by molar-refractivity contribution is 6.02. The lowest BCUT2D eigenvalue weighted by Gasteiger charge is -2.17. The van der Waals surface area contributed by atoms with Gasteiger partial charge in [-0.25, -0.2) is 18.7 Å². The van der Waals surface area contributed by atoms with E-state index in [1.165, 1.54) is 37.5 Å². The minimum atomic E-state index is -0.556. The van der Waals surface area contributed by atoms with Crippen LogP contribution in [-0.2, 0) is 0 Å². The van der Waals surface area contributed by atoms with Crippen LogP contribution in [0.4, 0.5) is 14.7 Å². The Hall–Kier alpha value is -3.15. The fourth-order valence-corrected chi connectivity index (χ4v) is 4.24. The fourth-order valence-electron chi connectivity index (χ4n) is 4.24. The summed E-state index contributed by atoms with van der Waals surface area (Å²) in [7, 11) is 2.03. The Bertz CT molecular complexity index is 1070. The van der Waals surface area contributed by atoms with Crippen molar-refractivity contribution in [2.75, 3.05) is 18.5 Å². The Morgan fingerprint density at radius 1 is 0.909 bits per heavy atom. The molecule has 4 nitrogen and oxygen atoms in total. The molecule has 3 aromatic rings. The Balaban J connectivity index is 1.42. The van der Waals surface area contributed by atoms with E-state index in [0.717, 1.165) is 42.0 Å². The number of aromatic nitrogens is 2. The number of unbranched alkanes of at least 4 members (excludes halogenated alkanes) is 3. The molecule has 0 fully saturated rings. The van der Waals surface area contributed by atoms with Gasteiger partial charge in [-0.1, -0.05) is 56.5 Å². The number of nitrogens with zero attached hydrogens (tertiary/aromatic N) is 4. The highest BCUT2D eigenvalue weighted by Gasteiger charge is 2.24. The molecule has 6 heteroatoms. The molecule has 1 unspecified atom stereocenters. The van der Waals surface area contributed by atoms with Gasteiger partial charge in [-0.2, -0.15) is 0 Å². The van der Waals surface area contributed by atoms with Gasteiger partial charge in [-0.15, -0.1) is 0 Å². The van der Waals surface area contributed by atoms with Crippen molar-refractivity contribution in [2.45, 2.75) is 51.5 Å². The molecule has 0 saturated heterocycles. The van der Waals surface area contributed by atoms with Crippen LogP contribution in [-0.4, -0.2) is 29.3 Å². The molecule has 0 N–H and O–H groups in total. The lowest BCUT2D eigenvalue weighted by Crippen LogP contribution is -2.20. The molecule has 0 bridgehead atoms. The minimum Gasteiger partial charge on any atom is -0.344 e. The number of halogens is 2. The van der Waals surface area contributed by atoms with Crippen molar-refractivity contribution < 1.29 is 8.78 Å². The van der Waals surface area contributed by atoms with Crippen LogP contribution in [0.1, 0.15) is 62.6 Å². The Labute approximate surface area is 194 Å². The zero-order valence-corrected chi connectivity index (χ0v) is 19.3. The van der Waals surface area contributed by atoms with Crippen LogP contribution in [0.25, 0.3) is 11.1 Å². The molecular formula is C27H30F2N4. The van der Waals surface area contributed by atoms with Crippen LogP contribution in [0.2, 0.25) is 0 Å². The van der Waals surface area contributed by atoms with Gasteiger partial charge in [-0.05, 0) is 42.5 Å². The van der Waals surface area contributed by atoms with E-state index in [9.17, 15) is 8.78 Å². The molecule has 172 valence electrons. The molecule has 33 heavy (non-hydrogen) atoms. The first-order valence-electron chi connectivity index (χ1n) is 11.7. The average molecular weight is 449 g/mol. The molecular weight excluding hydrogens is 418 g/mol. The van der Waals surface area contributed by atoms with Gasteiger partial charge in [0.15, 0.2) is 0 Å². The smallest absolute Gasteiger partial charge is 0.225 e. The van der Waals surface area contributed by atoms with E-state index < -0.39 is 11.6 Å². The SMILES string of the molecule is CCCCCCN(C)c1ncc(-c2ccc(C3CCC(c4c(F)cccc4F)=N3)cc2)cn1. The van der Waals surface area contributed by atoms with Crippen LogP contribution in [0.15, 0.2) is 59.9 Å². The van der Waals surface area contributed by atoms with Gasteiger partial charge in [0.2, 0.25) is 5.95 Å². The first-order chi connectivity index (χ1) is 16.1. The van der Waals surface area contributed by atoms with Gasteiger partial charge in [0, 0.05) is 37.3 Å². The van der Waals surface area contributed by atoms with Crippen molar-refractivity contribution in [2.24, 2.45) is 4.99 Å². The van der Waals surface area contributed by atoms with Crippen molar-refractivity contribution in [3.8, 4) is 11.1 Å². The van der Waals surface area contributed by atoms with Gasteiger partial charge in [0.05, 0.1) is 11.6 Å². The van der Waals surface area contributed by atoms with Crippen molar-refractivity contribution in [3.63, 3.8) is 0 Å². The molecule has 0 saturated carbocycles. The standard InChI is InChI=1S/C27H30F2N4/c1-3-4-5-6-16-33(2)27-30-17-21(18-31-27)19-10-12-20(13-11-19)24-14-15-25(32-24)26-22(28)8-7-9-23(26)29/h7-13,17-18,24H,3-6,14-16H2,1-2H3. The number of benzene rings is 2. The largest absolute Gasteiger partial charge is 0.344 e. The molecule has 1 atom stereocenters. The topological polar surface area (TPSA) is 41.4 Å². The summed E-state index contributed by atoms with van der Waals surface area (Å²) in [4.78, 5) is 15.8. The summed E-state index contributed by atoms with van der Waals surface area (Å²) in [5, 5.41) is 0. The minimum absolute atomic E-state index is 0.00388. The maximum absolute atomic E-state index is 14.1. The van der Waals surface area contributed by atoms with Crippen molar-refractivity contribution >= 4 is 11.7 Å². The molecule has 0 spiro atoms. The molecule has 0 amide bonds. The van der Waals surface area contributed by atoms with Gasteiger partial charge in [0.25, 0.3) is 0 Å². The number of rotatable bonds is 9. The number of aliphatic imine (C=N–C) groups is 1. The summed E-state index contributed by atoms with van der Waals surface area (Å²) in [6.07, 6.45) is 9.87. The average Bonchev–Trinajstić information content (AvgIpc) is 3.31. The van der Waals surface area contributed by atoms with Crippen LogP contribution in [0.5, 0.6) is 0 Å². The Kier molecular flexibility index (Phi) is 7.43. The normalized spacial score (nSPS) is 15.5. The molecule has 2 aromatic carbocycles. The van der Waals surface area contributed by atoms with Gasteiger partial charge < -0.3 is 4.90 Å². The monoisotopic (exact) mass is 448 g/mol. The lowest BCUT2D eigenvalue weighted by molar-refractivity contribution is 0.578. The van der Waals surface area contributed by atoms with E-state index in [0.29, 0.717) is 12.1 Å². The summed E-state index contributed by atoms with van der Waals surface area (Å²) in [6, 6.07) is 11.9. The van der Waals surface area contributed by atoms with E-state index in [2.05, 4.69) is 26.8 Å². The van der Waals surface area contributed by atoms with Crippen molar-refractivity contribution in [1.29, 1.82) is 0 Å². The van der Waals surface area contributed by atoms with E-state index in [-0.39, 0.29) is 11.6 Å². The Morgan fingerprint density at radius 2 is 1.61 bits per heavy atom. The second-order valence-electron chi connectivity index (χ2n) is 8.60. The summed E-state index contributed by atoms with van der Waals surface area (Å²) >= 11 is 0. The maximum Gasteiger partial charge on any atom is 0.225 e. The number of anilines is 1. The third-order valence-corrected chi connectivity index (χ3v) is 6.17. The predicted molar refractivity (Wildman–Crippen MR) is 130 cm³/mol. The number of hydrogen-bond donors (Lipinski definition) is 0. The zero-order chi connectivity index (χ0) is 23.2. The van der Waals surface area contributed by atoms with Gasteiger partial charge >= 0.3 is 0 Å². The van der Waals surface area contributed by atoms with Crippen LogP contribution in [0, 0.1) is 11.6 Å². The van der Waals surface area contributed by atoms with Crippen molar-refractivity contribution in [1.82, 2.24) is 9.97 Å². The highest BCUT2D eigenvalue weighted by atomic mass is 19.1. The second kappa shape index (κ2) is 10.6. The van der Waals surface area contributed by atoms with Crippen LogP contribution >= 0.6 is 0 Å². The summed E-state index contributed by atoms with van der Waals surface area (Å²) in [6.45, 7) is 3.16. The molecule has 0 radical (unpaired) electrons. The van der Waals surface area contributed by atoms with E-state index >= 15 is 0 Å². The first-order valence-corrected chi connectivity index (χ1v) is 11.7. The zero-order valence-electron chi connectivity index (χ0n) is 19.3. The molecule has 0 aliphatic carbocycles. The lowest BCUT2D eigenvalue weighted by atomic mass is 10.0. The molecule has 1 aromatic heterocycles. The van der Waals surface area contributed by atoms with Gasteiger partial charge in [-0.3, -0.25) is 4.99 Å². The summed E-state index contributed by atoms with van der Waals surface area (Å²) in [5.41, 5.74) is 3.52. The maximum atomic E-state index is 14.1. The highest BCUT2D eigenvalue weighted by Crippen LogP contribution is 2.33. The first kappa shape index (κ1) is 23.0. The number of hydrogen-bond acceptors (Lipinski definition) is 4. The van der Waals surface area contributed by atoms with Crippen molar-refractivity contribution in [3.05, 3.63) is 77.6 Å². The van der Waals surface area contributed by atoms with Crippen LogP contribution in [0.3, 0.4) is 0 Å².